The van der Waals surface area contributed by atoms with E-state index in [1.54, 1.807) is 18.2 Å². The molecule has 1 saturated heterocycles. The topological polar surface area (TPSA) is 98.7 Å². The zero-order valence-corrected chi connectivity index (χ0v) is 11.5. The molecular formula is C14H19N3O3. The molecule has 1 fully saturated rings. The summed E-state index contributed by atoms with van der Waals surface area (Å²) >= 11 is 0. The SMILES string of the molecule is COC(=O)c1cccc(N)c1N1CCC(C(N)=O)CC1. The molecule has 108 valence electrons. The van der Waals surface area contributed by atoms with Gasteiger partial charge in [0.1, 0.15) is 0 Å². The monoisotopic (exact) mass is 277 g/mol. The van der Waals surface area contributed by atoms with Crippen LogP contribution in [0.1, 0.15) is 23.2 Å². The predicted molar refractivity (Wildman–Crippen MR) is 76.3 cm³/mol. The third kappa shape index (κ3) is 2.68. The molecule has 0 aliphatic carbocycles. The fourth-order valence-corrected chi connectivity index (χ4v) is 2.58. The van der Waals surface area contributed by atoms with Gasteiger partial charge in [0.2, 0.25) is 5.91 Å². The summed E-state index contributed by atoms with van der Waals surface area (Å²) in [5, 5.41) is 0. The molecule has 1 heterocycles. The number of nitrogens with two attached hydrogens (primary N) is 2. The quantitative estimate of drug-likeness (QED) is 0.627. The molecule has 0 atom stereocenters. The van der Waals surface area contributed by atoms with Crippen molar-refractivity contribution in [3.8, 4) is 0 Å². The summed E-state index contributed by atoms with van der Waals surface area (Å²) in [5.41, 5.74) is 13.0. The van der Waals surface area contributed by atoms with E-state index in [4.69, 9.17) is 16.2 Å². The lowest BCUT2D eigenvalue weighted by atomic mass is 9.95. The number of carbonyl (C=O) groups excluding carboxylic acids is 2. The molecule has 0 aromatic heterocycles. The first-order valence-corrected chi connectivity index (χ1v) is 6.55. The van der Waals surface area contributed by atoms with Crippen LogP contribution >= 0.6 is 0 Å². The Hall–Kier alpha value is -2.24. The van der Waals surface area contributed by atoms with Gasteiger partial charge >= 0.3 is 5.97 Å². The number of para-hydroxylation sites is 1. The highest BCUT2D eigenvalue weighted by Crippen LogP contribution is 2.32. The highest BCUT2D eigenvalue weighted by atomic mass is 16.5. The van der Waals surface area contributed by atoms with Crippen molar-refractivity contribution in [3.63, 3.8) is 0 Å². The Bertz CT molecular complexity index is 522. The van der Waals surface area contributed by atoms with Crippen LogP contribution < -0.4 is 16.4 Å². The molecule has 1 aliphatic rings. The van der Waals surface area contributed by atoms with Crippen LogP contribution in [0.2, 0.25) is 0 Å². The van der Waals surface area contributed by atoms with Crippen molar-refractivity contribution in [1.29, 1.82) is 0 Å². The fraction of sp³-hybridized carbons (Fsp3) is 0.429. The van der Waals surface area contributed by atoms with Gasteiger partial charge in [-0.1, -0.05) is 6.07 Å². The Kier molecular flexibility index (Phi) is 4.12. The van der Waals surface area contributed by atoms with Crippen LogP contribution in [0.3, 0.4) is 0 Å². The maximum absolute atomic E-state index is 11.8. The molecule has 1 aromatic rings. The molecule has 1 amide bonds. The summed E-state index contributed by atoms with van der Waals surface area (Å²) in [5.74, 6) is -0.777. The Balaban J connectivity index is 2.25. The molecule has 6 heteroatoms. The average molecular weight is 277 g/mol. The van der Waals surface area contributed by atoms with Crippen LogP contribution in [0.4, 0.5) is 11.4 Å². The standard InChI is InChI=1S/C14H19N3O3/c1-20-14(19)10-3-2-4-11(15)12(10)17-7-5-9(6-8-17)13(16)18/h2-4,9H,5-8,15H2,1H3,(H2,16,18). The van der Waals surface area contributed by atoms with Crippen molar-refractivity contribution in [2.24, 2.45) is 11.7 Å². The first-order chi connectivity index (χ1) is 9.54. The number of primary amides is 1. The number of methoxy groups -OCH3 is 1. The van der Waals surface area contributed by atoms with Gasteiger partial charge in [0.25, 0.3) is 0 Å². The van der Waals surface area contributed by atoms with Crippen molar-refractivity contribution in [2.75, 3.05) is 30.8 Å². The molecule has 1 aromatic carbocycles. The molecule has 0 bridgehead atoms. The van der Waals surface area contributed by atoms with Crippen LogP contribution in [0.15, 0.2) is 18.2 Å². The van der Waals surface area contributed by atoms with E-state index in [0.29, 0.717) is 42.9 Å². The summed E-state index contributed by atoms with van der Waals surface area (Å²) in [6.45, 7) is 1.29. The van der Waals surface area contributed by atoms with E-state index in [-0.39, 0.29) is 11.8 Å². The smallest absolute Gasteiger partial charge is 0.340 e. The second-order valence-corrected chi connectivity index (χ2v) is 4.90. The van der Waals surface area contributed by atoms with E-state index in [1.165, 1.54) is 7.11 Å². The van der Waals surface area contributed by atoms with E-state index in [0.717, 1.165) is 0 Å². The van der Waals surface area contributed by atoms with Gasteiger partial charge in [-0.25, -0.2) is 4.79 Å². The normalized spacial score (nSPS) is 15.9. The maximum Gasteiger partial charge on any atom is 0.340 e. The highest BCUT2D eigenvalue weighted by Gasteiger charge is 2.27. The molecule has 0 spiro atoms. The van der Waals surface area contributed by atoms with Crippen LogP contribution in [0.25, 0.3) is 0 Å². The van der Waals surface area contributed by atoms with Crippen LogP contribution in [-0.2, 0) is 9.53 Å². The molecule has 0 radical (unpaired) electrons. The van der Waals surface area contributed by atoms with Gasteiger partial charge in [0.05, 0.1) is 24.0 Å². The van der Waals surface area contributed by atoms with E-state index in [1.807, 2.05) is 4.90 Å². The lowest BCUT2D eigenvalue weighted by molar-refractivity contribution is -0.122. The first-order valence-electron chi connectivity index (χ1n) is 6.55. The minimum Gasteiger partial charge on any atom is -0.465 e. The van der Waals surface area contributed by atoms with Crippen molar-refractivity contribution in [3.05, 3.63) is 23.8 Å². The van der Waals surface area contributed by atoms with Gasteiger partial charge < -0.3 is 21.1 Å². The molecule has 4 N–H and O–H groups in total. The summed E-state index contributed by atoms with van der Waals surface area (Å²) in [7, 11) is 1.34. The molecule has 0 unspecified atom stereocenters. The third-order valence-electron chi connectivity index (χ3n) is 3.69. The highest BCUT2D eigenvalue weighted by molar-refractivity contribution is 5.99. The Morgan fingerprint density at radius 2 is 1.95 bits per heavy atom. The summed E-state index contributed by atoms with van der Waals surface area (Å²) in [4.78, 5) is 25.0. The van der Waals surface area contributed by atoms with Crippen LogP contribution in [-0.4, -0.2) is 32.1 Å². The summed E-state index contributed by atoms with van der Waals surface area (Å²) in [6.07, 6.45) is 1.34. The van der Waals surface area contributed by atoms with Gasteiger partial charge in [-0.05, 0) is 25.0 Å². The van der Waals surface area contributed by atoms with Gasteiger partial charge in [-0.15, -0.1) is 0 Å². The zero-order valence-electron chi connectivity index (χ0n) is 11.5. The number of nitrogens with zero attached hydrogens (tertiary/aromatic N) is 1. The number of hydrogen-bond donors (Lipinski definition) is 2. The van der Waals surface area contributed by atoms with E-state index in [9.17, 15) is 9.59 Å². The van der Waals surface area contributed by atoms with Gasteiger partial charge in [0, 0.05) is 19.0 Å². The fourth-order valence-electron chi connectivity index (χ4n) is 2.58. The molecule has 2 rings (SSSR count). The number of nitrogen functional groups attached to an aromatic ring is 1. The molecule has 1 aliphatic heterocycles. The van der Waals surface area contributed by atoms with E-state index in [2.05, 4.69) is 0 Å². The van der Waals surface area contributed by atoms with Crippen molar-refractivity contribution in [1.82, 2.24) is 0 Å². The largest absolute Gasteiger partial charge is 0.465 e. The number of hydrogen-bond acceptors (Lipinski definition) is 5. The maximum atomic E-state index is 11.8. The number of piperidine rings is 1. The Labute approximate surface area is 117 Å². The van der Waals surface area contributed by atoms with E-state index >= 15 is 0 Å². The van der Waals surface area contributed by atoms with Gasteiger partial charge in [-0.2, -0.15) is 0 Å². The number of anilines is 2. The second kappa shape index (κ2) is 5.81. The van der Waals surface area contributed by atoms with Gasteiger partial charge in [-0.3, -0.25) is 4.79 Å². The first kappa shape index (κ1) is 14.2. The minimum atomic E-state index is -0.413. The number of esters is 1. The Morgan fingerprint density at radius 3 is 2.50 bits per heavy atom. The Morgan fingerprint density at radius 1 is 1.30 bits per heavy atom. The summed E-state index contributed by atoms with van der Waals surface area (Å²) in [6, 6.07) is 5.17. The average Bonchev–Trinajstić information content (AvgIpc) is 2.46. The number of benzene rings is 1. The van der Waals surface area contributed by atoms with Crippen molar-refractivity contribution < 1.29 is 14.3 Å². The van der Waals surface area contributed by atoms with Crippen molar-refractivity contribution in [2.45, 2.75) is 12.8 Å². The van der Waals surface area contributed by atoms with Crippen LogP contribution in [0, 0.1) is 5.92 Å². The minimum absolute atomic E-state index is 0.0993. The lowest BCUT2D eigenvalue weighted by Gasteiger charge is -2.34. The number of rotatable bonds is 3. The van der Waals surface area contributed by atoms with Gasteiger partial charge in [0.15, 0.2) is 0 Å². The third-order valence-corrected chi connectivity index (χ3v) is 3.69. The van der Waals surface area contributed by atoms with Crippen LogP contribution in [0.5, 0.6) is 0 Å². The number of ether oxygens (including phenoxy) is 1. The molecule has 20 heavy (non-hydrogen) atoms. The number of amides is 1. The summed E-state index contributed by atoms with van der Waals surface area (Å²) < 4.78 is 4.79. The second-order valence-electron chi connectivity index (χ2n) is 4.90. The molecule has 6 nitrogen and oxygen atoms in total. The predicted octanol–water partition coefficient (Wildman–Crippen LogP) is 0.757. The zero-order chi connectivity index (χ0) is 14.7. The van der Waals surface area contributed by atoms with E-state index < -0.39 is 5.97 Å². The van der Waals surface area contributed by atoms with Crippen molar-refractivity contribution >= 4 is 23.3 Å². The molecule has 0 saturated carbocycles. The number of carbonyl (C=O) groups is 2. The lowest BCUT2D eigenvalue weighted by Crippen LogP contribution is -2.39. The molecular weight excluding hydrogens is 258 g/mol.